The van der Waals surface area contributed by atoms with E-state index in [9.17, 15) is 5.11 Å². The maximum Gasteiger partial charge on any atom is 0.191 e. The maximum atomic E-state index is 10.3. The minimum absolute atomic E-state index is 0.0946. The van der Waals surface area contributed by atoms with E-state index < -0.39 is 14.4 Å². The first-order valence-corrected chi connectivity index (χ1v) is 13.9. The van der Waals surface area contributed by atoms with E-state index in [1.165, 1.54) is 0 Å². The lowest BCUT2D eigenvalue weighted by Crippen LogP contribution is -2.40. The van der Waals surface area contributed by atoms with Gasteiger partial charge in [0.1, 0.15) is 12.2 Å². The van der Waals surface area contributed by atoms with Gasteiger partial charge in [0, 0.05) is 6.61 Å². The summed E-state index contributed by atoms with van der Waals surface area (Å²) in [5.74, 6) is 0. The highest BCUT2D eigenvalue weighted by atomic mass is 28.4. The summed E-state index contributed by atoms with van der Waals surface area (Å²) in [7, 11) is -1.64. The van der Waals surface area contributed by atoms with Crippen molar-refractivity contribution in [3.63, 3.8) is 0 Å². The molecule has 0 bridgehead atoms. The van der Waals surface area contributed by atoms with Crippen LogP contribution in [0, 0.1) is 0 Å². The molecule has 4 nitrogen and oxygen atoms in total. The lowest BCUT2D eigenvalue weighted by molar-refractivity contribution is 0.0516. The number of aliphatic hydroxyl groups is 1. The summed E-state index contributed by atoms with van der Waals surface area (Å²) < 4.78 is 17.6. The third kappa shape index (κ3) is 9.14. The molecule has 0 saturated carbocycles. The van der Waals surface area contributed by atoms with Gasteiger partial charge in [0.05, 0.1) is 19.3 Å². The Bertz CT molecular complexity index is 605. The van der Waals surface area contributed by atoms with E-state index in [1.807, 2.05) is 30.4 Å². The number of benzene rings is 1. The fraction of sp³-hybridized carbons (Fsp3) is 0.667. The maximum absolute atomic E-state index is 10.3. The summed E-state index contributed by atoms with van der Waals surface area (Å²) in [4.78, 5) is 0. The Morgan fingerprint density at radius 3 is 2.45 bits per heavy atom. The van der Waals surface area contributed by atoms with Gasteiger partial charge in [-0.3, -0.25) is 0 Å². The van der Waals surface area contributed by atoms with Crippen LogP contribution in [0.3, 0.4) is 0 Å². The van der Waals surface area contributed by atoms with Crippen molar-refractivity contribution in [3.8, 4) is 0 Å². The standard InChI is InChI=1S/C24H40O4Si/c1-24(2,3)29(4,5)28-17-11-7-10-14-21(25)15-16-22(23-19-27-23)26-18-20-12-8-6-9-13-20/h6,8-9,12-13,15-16,21-23,25H,7,10-11,14,17-19H2,1-5H3/b16-15+/t21-,22+,23-/m0/s1. The van der Waals surface area contributed by atoms with Gasteiger partial charge in [0.15, 0.2) is 8.32 Å². The predicted molar refractivity (Wildman–Crippen MR) is 122 cm³/mol. The molecule has 1 aliphatic heterocycles. The highest BCUT2D eigenvalue weighted by molar-refractivity contribution is 6.74. The van der Waals surface area contributed by atoms with E-state index in [-0.39, 0.29) is 17.2 Å². The van der Waals surface area contributed by atoms with Crippen molar-refractivity contribution in [2.75, 3.05) is 13.2 Å². The number of epoxide rings is 1. The third-order valence-electron chi connectivity index (χ3n) is 5.95. The molecule has 1 aromatic carbocycles. The van der Waals surface area contributed by atoms with Crippen molar-refractivity contribution in [2.45, 2.75) is 89.5 Å². The molecule has 1 heterocycles. The highest BCUT2D eigenvalue weighted by Crippen LogP contribution is 2.36. The van der Waals surface area contributed by atoms with Crippen molar-refractivity contribution in [1.82, 2.24) is 0 Å². The average molecular weight is 421 g/mol. The van der Waals surface area contributed by atoms with Gasteiger partial charge < -0.3 is 19.0 Å². The van der Waals surface area contributed by atoms with Crippen LogP contribution in [0.4, 0.5) is 0 Å². The van der Waals surface area contributed by atoms with Crippen LogP contribution in [-0.4, -0.2) is 44.9 Å². The van der Waals surface area contributed by atoms with E-state index in [2.05, 4.69) is 46.0 Å². The van der Waals surface area contributed by atoms with Gasteiger partial charge in [-0.15, -0.1) is 0 Å². The Balaban J connectivity index is 1.62. The molecule has 0 aliphatic carbocycles. The van der Waals surface area contributed by atoms with Crippen molar-refractivity contribution in [3.05, 3.63) is 48.0 Å². The lowest BCUT2D eigenvalue weighted by Gasteiger charge is -2.36. The van der Waals surface area contributed by atoms with Gasteiger partial charge in [-0.25, -0.2) is 0 Å². The van der Waals surface area contributed by atoms with Crippen molar-refractivity contribution in [2.24, 2.45) is 0 Å². The lowest BCUT2D eigenvalue weighted by atomic mass is 10.1. The Morgan fingerprint density at radius 2 is 1.83 bits per heavy atom. The van der Waals surface area contributed by atoms with Crippen LogP contribution < -0.4 is 0 Å². The molecule has 1 N–H and O–H groups in total. The first-order valence-electron chi connectivity index (χ1n) is 11.0. The van der Waals surface area contributed by atoms with E-state index in [4.69, 9.17) is 13.9 Å². The molecular weight excluding hydrogens is 380 g/mol. The predicted octanol–water partition coefficient (Wildman–Crippen LogP) is 5.47. The van der Waals surface area contributed by atoms with Crippen LogP contribution in [0.15, 0.2) is 42.5 Å². The molecular formula is C24H40O4Si. The fourth-order valence-corrected chi connectivity index (χ4v) is 3.90. The van der Waals surface area contributed by atoms with Gasteiger partial charge in [0.25, 0.3) is 0 Å². The zero-order valence-electron chi connectivity index (χ0n) is 18.9. The summed E-state index contributed by atoms with van der Waals surface area (Å²) >= 11 is 0. The van der Waals surface area contributed by atoms with Crippen molar-refractivity contribution < 1.29 is 19.0 Å². The van der Waals surface area contributed by atoms with Crippen LogP contribution in [0.5, 0.6) is 0 Å². The van der Waals surface area contributed by atoms with Crippen LogP contribution in [-0.2, 0) is 20.5 Å². The van der Waals surface area contributed by atoms with E-state index in [1.54, 1.807) is 0 Å². The third-order valence-corrected chi connectivity index (χ3v) is 10.5. The summed E-state index contributed by atoms with van der Waals surface area (Å²) in [5.41, 5.74) is 1.15. The number of aliphatic hydroxyl groups excluding tert-OH is 1. The molecule has 0 amide bonds. The van der Waals surface area contributed by atoms with Crippen LogP contribution in [0.25, 0.3) is 0 Å². The van der Waals surface area contributed by atoms with Gasteiger partial charge in [0.2, 0.25) is 0 Å². The van der Waals surface area contributed by atoms with Crippen molar-refractivity contribution in [1.29, 1.82) is 0 Å². The minimum Gasteiger partial charge on any atom is -0.417 e. The molecule has 164 valence electrons. The summed E-state index contributed by atoms with van der Waals surface area (Å²) in [5, 5.41) is 10.5. The van der Waals surface area contributed by atoms with Gasteiger partial charge >= 0.3 is 0 Å². The van der Waals surface area contributed by atoms with Crippen molar-refractivity contribution >= 4 is 8.32 Å². The largest absolute Gasteiger partial charge is 0.417 e. The van der Waals surface area contributed by atoms with Gasteiger partial charge in [-0.1, -0.05) is 76.1 Å². The van der Waals surface area contributed by atoms with E-state index in [0.717, 1.165) is 44.5 Å². The molecule has 5 heteroatoms. The number of ether oxygens (including phenoxy) is 2. The Kier molecular flexibility index (Phi) is 9.56. The van der Waals surface area contributed by atoms with Crippen LogP contribution in [0.1, 0.15) is 52.0 Å². The Labute approximate surface area is 178 Å². The zero-order valence-corrected chi connectivity index (χ0v) is 19.9. The quantitative estimate of drug-likeness (QED) is 0.199. The second-order valence-electron chi connectivity index (χ2n) is 9.54. The smallest absolute Gasteiger partial charge is 0.191 e. The summed E-state index contributed by atoms with van der Waals surface area (Å²) in [6.07, 6.45) is 7.33. The molecule has 2 rings (SSSR count). The second kappa shape index (κ2) is 11.4. The topological polar surface area (TPSA) is 51.2 Å². The Morgan fingerprint density at radius 1 is 1.14 bits per heavy atom. The normalized spacial score (nSPS) is 19.4. The summed E-state index contributed by atoms with van der Waals surface area (Å²) in [6, 6.07) is 10.1. The average Bonchev–Trinajstić information content (AvgIpc) is 3.49. The van der Waals surface area contributed by atoms with Gasteiger partial charge in [-0.05, 0) is 36.5 Å². The first kappa shape index (κ1) is 24.3. The molecule has 0 radical (unpaired) electrons. The molecule has 1 aliphatic rings. The molecule has 1 saturated heterocycles. The number of hydrogen-bond donors (Lipinski definition) is 1. The SMILES string of the molecule is CC(C)(C)[Si](C)(C)OCCCCC[C@H](O)/C=C/[C@@H](OCc1ccccc1)[C@@H]1CO1. The zero-order chi connectivity index (χ0) is 21.3. The van der Waals surface area contributed by atoms with Crippen LogP contribution in [0.2, 0.25) is 18.1 Å². The molecule has 0 aromatic heterocycles. The first-order chi connectivity index (χ1) is 13.7. The number of hydrogen-bond acceptors (Lipinski definition) is 4. The number of rotatable bonds is 13. The molecule has 1 fully saturated rings. The monoisotopic (exact) mass is 420 g/mol. The molecule has 0 unspecified atom stereocenters. The second-order valence-corrected chi connectivity index (χ2v) is 14.4. The van der Waals surface area contributed by atoms with Crippen LogP contribution >= 0.6 is 0 Å². The van der Waals surface area contributed by atoms with E-state index >= 15 is 0 Å². The van der Waals surface area contributed by atoms with Gasteiger partial charge in [-0.2, -0.15) is 0 Å². The molecule has 29 heavy (non-hydrogen) atoms. The Hall–Kier alpha value is -0.983. The minimum atomic E-state index is -1.64. The molecule has 3 atom stereocenters. The highest BCUT2D eigenvalue weighted by Gasteiger charge is 2.36. The molecule has 0 spiro atoms. The fourth-order valence-electron chi connectivity index (χ4n) is 2.81. The number of unbranched alkanes of at least 4 members (excludes halogenated alkanes) is 2. The molecule has 1 aromatic rings. The van der Waals surface area contributed by atoms with E-state index in [0.29, 0.717) is 6.61 Å². The summed E-state index contributed by atoms with van der Waals surface area (Å²) in [6.45, 7) is 13.5.